The van der Waals surface area contributed by atoms with Gasteiger partial charge in [-0.1, -0.05) is 24.3 Å². The van der Waals surface area contributed by atoms with E-state index in [2.05, 4.69) is 0 Å². The van der Waals surface area contributed by atoms with Gasteiger partial charge < -0.3 is 9.80 Å². The van der Waals surface area contributed by atoms with Gasteiger partial charge in [0, 0.05) is 59.3 Å². The Morgan fingerprint density at radius 1 is 0.630 bits per heavy atom. The maximum Gasteiger partial charge on any atom is 0.270 e. The molecule has 0 N–H and O–H groups in total. The summed E-state index contributed by atoms with van der Waals surface area (Å²) in [6, 6.07) is 13.9. The smallest absolute Gasteiger partial charge is 0.270 e. The van der Waals surface area contributed by atoms with Crippen LogP contribution < -0.4 is 0 Å². The second kappa shape index (κ2) is 14.9. The van der Waals surface area contributed by atoms with Gasteiger partial charge in [0.15, 0.2) is 0 Å². The zero-order chi connectivity index (χ0) is 39.2. The Labute approximate surface area is 315 Å². The molecule has 0 spiro atoms. The fraction of sp³-hybridized carbons (Fsp3) is 0.278. The number of thioether (sulfide) groups is 2. The van der Waals surface area contributed by atoms with E-state index in [1.807, 2.05) is 0 Å². The van der Waals surface area contributed by atoms with Crippen molar-refractivity contribution >= 4 is 91.9 Å². The summed E-state index contributed by atoms with van der Waals surface area (Å²) in [6.45, 7) is 1.97. The van der Waals surface area contributed by atoms with E-state index in [1.165, 1.54) is 69.7 Å². The summed E-state index contributed by atoms with van der Waals surface area (Å²) in [5, 5.41) is 23.4. The van der Waals surface area contributed by atoms with Gasteiger partial charge in [-0.3, -0.25) is 58.8 Å². The van der Waals surface area contributed by atoms with Gasteiger partial charge in [0.05, 0.1) is 31.7 Å². The van der Waals surface area contributed by atoms with Crippen LogP contribution in [0.2, 0.25) is 0 Å². The molecule has 2 atom stereocenters. The fourth-order valence-electron chi connectivity index (χ4n) is 6.72. The average molecular weight is 773 g/mol. The van der Waals surface area contributed by atoms with Gasteiger partial charge >= 0.3 is 0 Å². The van der Waals surface area contributed by atoms with Crippen molar-refractivity contribution in [1.29, 1.82) is 0 Å². The molecule has 0 unspecified atom stereocenters. The molecule has 18 heteroatoms. The molecular weight excluding hydrogens is 741 g/mol. The van der Waals surface area contributed by atoms with Crippen molar-refractivity contribution in [2.75, 3.05) is 38.7 Å². The van der Waals surface area contributed by atoms with E-state index in [-0.39, 0.29) is 57.5 Å². The van der Waals surface area contributed by atoms with Crippen molar-refractivity contribution in [3.63, 3.8) is 0 Å². The van der Waals surface area contributed by atoms with Crippen molar-refractivity contribution < 1.29 is 38.6 Å². The third-order valence-corrected chi connectivity index (χ3v) is 11.5. The number of nitro groups is 2. The number of benzene rings is 4. The number of imide groups is 2. The van der Waals surface area contributed by atoms with Gasteiger partial charge in [-0.25, -0.2) is 0 Å². The van der Waals surface area contributed by atoms with Crippen LogP contribution in [0, 0.1) is 20.2 Å². The van der Waals surface area contributed by atoms with Gasteiger partial charge in [-0.15, -0.1) is 23.5 Å². The van der Waals surface area contributed by atoms with Gasteiger partial charge in [-0.2, -0.15) is 0 Å². The second-order valence-corrected chi connectivity index (χ2v) is 14.9. The molecule has 54 heavy (non-hydrogen) atoms. The van der Waals surface area contributed by atoms with E-state index in [4.69, 9.17) is 0 Å². The highest BCUT2D eigenvalue weighted by Gasteiger charge is 2.39. The molecule has 2 aliphatic heterocycles. The second-order valence-electron chi connectivity index (χ2n) is 12.5. The lowest BCUT2D eigenvalue weighted by Gasteiger charge is -2.36. The quantitative estimate of drug-likeness (QED) is 0.0781. The van der Waals surface area contributed by atoms with Crippen LogP contribution in [0.5, 0.6) is 0 Å². The van der Waals surface area contributed by atoms with Crippen molar-refractivity contribution in [2.45, 2.75) is 24.6 Å². The molecule has 0 bridgehead atoms. The molecule has 6 rings (SSSR count). The Morgan fingerprint density at radius 2 is 0.981 bits per heavy atom. The molecule has 4 aromatic carbocycles. The Kier molecular flexibility index (Phi) is 10.4. The molecule has 2 heterocycles. The van der Waals surface area contributed by atoms with Crippen LogP contribution in [0.4, 0.5) is 11.4 Å². The summed E-state index contributed by atoms with van der Waals surface area (Å²) in [5.74, 6) is -4.44. The molecular formula is C36H32N6O10S2. The van der Waals surface area contributed by atoms with E-state index in [0.717, 1.165) is 21.9 Å². The van der Waals surface area contributed by atoms with Crippen LogP contribution in [-0.2, 0) is 9.59 Å². The Balaban J connectivity index is 1.22. The zero-order valence-electron chi connectivity index (χ0n) is 29.3. The monoisotopic (exact) mass is 772 g/mol. The first kappa shape index (κ1) is 37.9. The summed E-state index contributed by atoms with van der Waals surface area (Å²) >= 11 is 2.60. The van der Waals surface area contributed by atoms with Crippen LogP contribution in [0.1, 0.15) is 55.3 Å². The van der Waals surface area contributed by atoms with E-state index in [0.29, 0.717) is 10.8 Å². The summed E-state index contributed by atoms with van der Waals surface area (Å²) in [4.78, 5) is 109. The number of nitrogens with zero attached hydrogens (tertiary/aromatic N) is 6. The number of non-ortho nitro benzene ring substituents is 2. The normalized spacial score (nSPS) is 14.7. The number of hydrogen-bond acceptors (Lipinski definition) is 12. The average Bonchev–Trinajstić information content (AvgIpc) is 3.16. The number of carbonyl (C=O) groups is 6. The number of hydrogen-bond donors (Lipinski definition) is 0. The van der Waals surface area contributed by atoms with Crippen LogP contribution in [0.3, 0.4) is 0 Å². The Bertz CT molecular complexity index is 2170. The van der Waals surface area contributed by atoms with Crippen molar-refractivity contribution in [1.82, 2.24) is 19.6 Å². The highest BCUT2D eigenvalue weighted by Crippen LogP contribution is 2.35. The van der Waals surface area contributed by atoms with Crippen molar-refractivity contribution in [3.8, 4) is 0 Å². The predicted octanol–water partition coefficient (Wildman–Crippen LogP) is 4.78. The summed E-state index contributed by atoms with van der Waals surface area (Å²) in [5.41, 5.74) is -0.598. The number of nitro benzene ring substituents is 2. The Morgan fingerprint density at radius 3 is 1.31 bits per heavy atom. The van der Waals surface area contributed by atoms with Gasteiger partial charge in [-0.05, 0) is 49.3 Å². The van der Waals surface area contributed by atoms with Crippen LogP contribution in [0.25, 0.3) is 21.5 Å². The SMILES string of the molecule is CS[C@@H](C)N(CCN(C(=O)CN1C(=O)c2cccc3cc([N+](=O)[O-])cc(c23)C1=O)[C@H](C)SC)C(=O)CN1C(=O)c2cccc3cc([N+](=O)[O-])cc(c23)C1=O. The summed E-state index contributed by atoms with van der Waals surface area (Å²) in [6.07, 6.45) is 3.50. The highest BCUT2D eigenvalue weighted by molar-refractivity contribution is 7.99. The molecule has 0 fully saturated rings. The molecule has 16 nitrogen and oxygen atoms in total. The molecule has 278 valence electrons. The van der Waals surface area contributed by atoms with E-state index >= 15 is 0 Å². The molecule has 0 aliphatic carbocycles. The molecule has 2 aliphatic rings. The maximum atomic E-state index is 13.9. The van der Waals surface area contributed by atoms with Crippen molar-refractivity contribution in [3.05, 3.63) is 103 Å². The third kappa shape index (κ3) is 6.62. The zero-order valence-corrected chi connectivity index (χ0v) is 31.0. The summed E-state index contributed by atoms with van der Waals surface area (Å²) < 4.78 is 0. The lowest BCUT2D eigenvalue weighted by Crippen LogP contribution is -2.53. The standard InChI is InChI=1S/C36H32N6O10S2/c1-19(53-3)37(29(43)17-39-33(45)25-9-5-7-21-13-23(41(49)50)15-27(31(21)25)35(39)47)11-12-38(20(2)54-4)30(44)18-40-34(46)26-10-6-8-22-14-24(42(51)52)16-28(32(22)26)36(40)48/h5-10,13-16,19-20H,11-12,17-18H2,1-4H3/t19-,20-/m0/s1. The first-order valence-electron chi connectivity index (χ1n) is 16.5. The number of amides is 6. The first-order valence-corrected chi connectivity index (χ1v) is 19.0. The minimum atomic E-state index is -0.858. The number of rotatable bonds is 13. The fourth-order valence-corrected chi connectivity index (χ4v) is 7.68. The highest BCUT2D eigenvalue weighted by atomic mass is 32.2. The van der Waals surface area contributed by atoms with E-state index < -0.39 is 69.1 Å². The van der Waals surface area contributed by atoms with E-state index in [9.17, 15) is 49.0 Å². The number of carbonyl (C=O) groups excluding carboxylic acids is 6. The van der Waals surface area contributed by atoms with E-state index in [1.54, 1.807) is 38.5 Å². The maximum absolute atomic E-state index is 13.9. The lowest BCUT2D eigenvalue weighted by atomic mass is 9.93. The minimum absolute atomic E-state index is 0.0679. The van der Waals surface area contributed by atoms with Crippen LogP contribution in [0.15, 0.2) is 60.7 Å². The largest absolute Gasteiger partial charge is 0.328 e. The molecule has 0 saturated carbocycles. The van der Waals surface area contributed by atoms with Crippen molar-refractivity contribution in [2.24, 2.45) is 0 Å². The van der Waals surface area contributed by atoms with Gasteiger partial charge in [0.2, 0.25) is 11.8 Å². The molecule has 6 amide bonds. The lowest BCUT2D eigenvalue weighted by molar-refractivity contribution is -0.384. The Hall–Kier alpha value is -5.88. The molecule has 0 saturated heterocycles. The summed E-state index contributed by atoms with van der Waals surface area (Å²) in [7, 11) is 0. The first-order chi connectivity index (χ1) is 25.7. The van der Waals surface area contributed by atoms with Crippen LogP contribution in [-0.4, -0.2) is 114 Å². The minimum Gasteiger partial charge on any atom is -0.328 e. The van der Waals surface area contributed by atoms with Gasteiger partial charge in [0.25, 0.3) is 35.0 Å². The van der Waals surface area contributed by atoms with Gasteiger partial charge in [0.1, 0.15) is 13.1 Å². The molecule has 4 aromatic rings. The molecule has 0 radical (unpaired) electrons. The topological polar surface area (TPSA) is 202 Å². The molecule has 0 aromatic heterocycles. The van der Waals surface area contributed by atoms with Crippen LogP contribution >= 0.6 is 23.5 Å². The third-order valence-electron chi connectivity index (χ3n) is 9.62. The predicted molar refractivity (Wildman–Crippen MR) is 201 cm³/mol.